The maximum Gasteiger partial charge on any atom is 0.228 e. The number of benzene rings is 8. The summed E-state index contributed by atoms with van der Waals surface area (Å²) in [4.78, 5) is 7.16. The van der Waals surface area contributed by atoms with Gasteiger partial charge in [0.1, 0.15) is 27.8 Å². The minimum absolute atomic E-state index is 0.565. The highest BCUT2D eigenvalue weighted by Gasteiger charge is 2.22. The van der Waals surface area contributed by atoms with Crippen molar-refractivity contribution in [2.45, 2.75) is 0 Å². The number of hydrogen-bond acceptors (Lipinski definition) is 5. The van der Waals surface area contributed by atoms with Gasteiger partial charge in [-0.3, -0.25) is 0 Å². The zero-order chi connectivity index (χ0) is 34.2. The van der Waals surface area contributed by atoms with Crippen molar-refractivity contribution in [2.75, 3.05) is 4.90 Å². The van der Waals surface area contributed by atoms with Crippen LogP contribution in [-0.4, -0.2) is 4.98 Å². The largest absolute Gasteiger partial charge is 0.456 e. The van der Waals surface area contributed by atoms with E-state index in [-0.39, 0.29) is 0 Å². The van der Waals surface area contributed by atoms with Gasteiger partial charge in [-0.05, 0) is 101 Å². The maximum atomic E-state index is 6.44. The molecular weight excluding hydrogens is 641 g/mol. The normalized spacial score (nSPS) is 11.8. The van der Waals surface area contributed by atoms with Crippen LogP contribution in [0.3, 0.4) is 0 Å². The number of furan rings is 2. The smallest absolute Gasteiger partial charge is 0.228 e. The lowest BCUT2D eigenvalue weighted by Gasteiger charge is -2.26. The van der Waals surface area contributed by atoms with Gasteiger partial charge in [-0.15, -0.1) is 0 Å². The molecule has 0 aliphatic rings. The molecule has 0 N–H and O–H groups in total. The first-order valence-electron chi connectivity index (χ1n) is 17.4. The Labute approximate surface area is 297 Å². The van der Waals surface area contributed by atoms with Crippen molar-refractivity contribution in [3.8, 4) is 22.6 Å². The van der Waals surface area contributed by atoms with Gasteiger partial charge in [0, 0.05) is 33.1 Å². The summed E-state index contributed by atoms with van der Waals surface area (Å²) in [5.41, 5.74) is 11.1. The fourth-order valence-electron chi connectivity index (χ4n) is 7.66. The third-order valence-corrected chi connectivity index (χ3v) is 10.1. The van der Waals surface area contributed by atoms with Crippen LogP contribution in [0.15, 0.2) is 183 Å². The lowest BCUT2D eigenvalue weighted by Crippen LogP contribution is -2.10. The van der Waals surface area contributed by atoms with Crippen molar-refractivity contribution in [3.05, 3.63) is 170 Å². The highest BCUT2D eigenvalue weighted by atomic mass is 16.4. The molecule has 0 fully saturated rings. The van der Waals surface area contributed by atoms with E-state index in [1.54, 1.807) is 0 Å². The molecule has 8 aromatic carbocycles. The molecule has 52 heavy (non-hydrogen) atoms. The van der Waals surface area contributed by atoms with Crippen LogP contribution in [0.1, 0.15) is 0 Å². The highest BCUT2D eigenvalue weighted by molar-refractivity contribution is 6.15. The van der Waals surface area contributed by atoms with Crippen LogP contribution in [-0.2, 0) is 0 Å². The van der Waals surface area contributed by atoms with E-state index in [0.717, 1.165) is 83.2 Å². The van der Waals surface area contributed by atoms with Crippen LogP contribution in [0.2, 0.25) is 0 Å². The molecule has 11 aromatic rings. The van der Waals surface area contributed by atoms with Gasteiger partial charge in [-0.25, -0.2) is 4.98 Å². The molecular formula is C47H28N2O3. The zero-order valence-corrected chi connectivity index (χ0v) is 27.8. The predicted molar refractivity (Wildman–Crippen MR) is 212 cm³/mol. The molecule has 0 atom stereocenters. The van der Waals surface area contributed by atoms with E-state index in [2.05, 4.69) is 120 Å². The lowest BCUT2D eigenvalue weighted by atomic mass is 10.0. The van der Waals surface area contributed by atoms with Crippen LogP contribution in [0.5, 0.6) is 0 Å². The second kappa shape index (κ2) is 11.2. The summed E-state index contributed by atoms with van der Waals surface area (Å²) < 4.78 is 19.1. The van der Waals surface area contributed by atoms with Gasteiger partial charge in [0.2, 0.25) is 5.89 Å². The first-order valence-corrected chi connectivity index (χ1v) is 17.4. The number of rotatable bonds is 5. The Morgan fingerprint density at radius 2 is 1.08 bits per heavy atom. The minimum atomic E-state index is 0.565. The van der Waals surface area contributed by atoms with Gasteiger partial charge in [-0.2, -0.15) is 0 Å². The molecule has 0 bridgehead atoms. The molecule has 244 valence electrons. The Morgan fingerprint density at radius 3 is 1.94 bits per heavy atom. The molecule has 0 saturated carbocycles. The molecule has 0 unspecified atom stereocenters. The summed E-state index contributed by atoms with van der Waals surface area (Å²) in [6.07, 6.45) is 0. The monoisotopic (exact) mass is 668 g/mol. The van der Waals surface area contributed by atoms with E-state index < -0.39 is 0 Å². The van der Waals surface area contributed by atoms with Crippen molar-refractivity contribution in [1.29, 1.82) is 0 Å². The van der Waals surface area contributed by atoms with Gasteiger partial charge in [-0.1, -0.05) is 91.0 Å². The molecule has 0 amide bonds. The van der Waals surface area contributed by atoms with Crippen molar-refractivity contribution in [1.82, 2.24) is 4.98 Å². The minimum Gasteiger partial charge on any atom is -0.456 e. The van der Waals surface area contributed by atoms with Gasteiger partial charge in [0.15, 0.2) is 5.58 Å². The standard InChI is InChI=1S/C47H28N2O3/c1-2-10-31-27-32(20-19-29(31)9-1)30-21-23-33(24-22-30)49(39-14-8-18-44-46(39)35-11-3-5-15-40(35)50-44)34-25-26-41-37(28-34)45-36(12-7-17-43(45)51-41)47-48-38-13-4-6-16-42(38)52-47/h1-28H. The van der Waals surface area contributed by atoms with Crippen molar-refractivity contribution in [2.24, 2.45) is 0 Å². The fourth-order valence-corrected chi connectivity index (χ4v) is 7.66. The summed E-state index contributed by atoms with van der Waals surface area (Å²) in [5.74, 6) is 0.565. The summed E-state index contributed by atoms with van der Waals surface area (Å²) in [7, 11) is 0. The Hall–Kier alpha value is -7.11. The number of oxazole rings is 1. The van der Waals surface area contributed by atoms with Gasteiger partial charge in [0.05, 0.1) is 11.1 Å². The Balaban J connectivity index is 1.12. The predicted octanol–water partition coefficient (Wildman–Crippen LogP) is 13.6. The lowest BCUT2D eigenvalue weighted by molar-refractivity contribution is 0.620. The first-order chi connectivity index (χ1) is 25.7. The summed E-state index contributed by atoms with van der Waals surface area (Å²) in [5, 5.41) is 6.52. The molecule has 0 aliphatic carbocycles. The Kier molecular flexibility index (Phi) is 6.18. The van der Waals surface area contributed by atoms with Gasteiger partial charge >= 0.3 is 0 Å². The van der Waals surface area contributed by atoms with E-state index in [0.29, 0.717) is 5.89 Å². The number of para-hydroxylation sites is 3. The molecule has 11 rings (SSSR count). The quantitative estimate of drug-likeness (QED) is 0.183. The third kappa shape index (κ3) is 4.46. The maximum absolute atomic E-state index is 6.44. The molecule has 3 heterocycles. The highest BCUT2D eigenvalue weighted by Crippen LogP contribution is 2.45. The van der Waals surface area contributed by atoms with Crippen LogP contribution < -0.4 is 4.90 Å². The Bertz CT molecular complexity index is 3110. The van der Waals surface area contributed by atoms with Crippen LogP contribution in [0.25, 0.3) is 88.3 Å². The van der Waals surface area contributed by atoms with Gasteiger partial charge in [0.25, 0.3) is 0 Å². The van der Waals surface area contributed by atoms with Crippen molar-refractivity contribution < 1.29 is 13.3 Å². The van der Waals surface area contributed by atoms with E-state index in [1.165, 1.54) is 16.3 Å². The zero-order valence-electron chi connectivity index (χ0n) is 27.8. The molecule has 0 spiro atoms. The van der Waals surface area contributed by atoms with E-state index in [4.69, 9.17) is 18.2 Å². The molecule has 0 aliphatic heterocycles. The topological polar surface area (TPSA) is 55.6 Å². The van der Waals surface area contributed by atoms with E-state index >= 15 is 0 Å². The number of anilines is 3. The van der Waals surface area contributed by atoms with E-state index in [1.807, 2.05) is 54.6 Å². The number of aromatic nitrogens is 1. The molecule has 0 saturated heterocycles. The average molecular weight is 669 g/mol. The summed E-state index contributed by atoms with van der Waals surface area (Å²) in [6, 6.07) is 58.7. The second-order valence-corrected chi connectivity index (χ2v) is 13.1. The number of nitrogens with zero attached hydrogens (tertiary/aromatic N) is 2. The average Bonchev–Trinajstić information content (AvgIpc) is 3.92. The van der Waals surface area contributed by atoms with Crippen LogP contribution >= 0.6 is 0 Å². The summed E-state index contributed by atoms with van der Waals surface area (Å²) >= 11 is 0. The van der Waals surface area contributed by atoms with E-state index in [9.17, 15) is 0 Å². The molecule has 0 radical (unpaired) electrons. The number of hydrogen-bond donors (Lipinski definition) is 0. The third-order valence-electron chi connectivity index (χ3n) is 10.1. The molecule has 3 aromatic heterocycles. The fraction of sp³-hybridized carbons (Fsp3) is 0. The summed E-state index contributed by atoms with van der Waals surface area (Å²) in [6.45, 7) is 0. The van der Waals surface area contributed by atoms with Crippen LogP contribution in [0.4, 0.5) is 17.1 Å². The van der Waals surface area contributed by atoms with Crippen molar-refractivity contribution >= 4 is 82.8 Å². The molecule has 5 heteroatoms. The Morgan fingerprint density at radius 1 is 0.404 bits per heavy atom. The van der Waals surface area contributed by atoms with Crippen molar-refractivity contribution in [3.63, 3.8) is 0 Å². The molecule has 5 nitrogen and oxygen atoms in total. The SMILES string of the molecule is c1ccc2cc(-c3ccc(N(c4ccc5oc6cccc(-c7nc8ccccc8o7)c6c5c4)c4cccc5oc6ccccc6c45)cc3)ccc2c1. The second-order valence-electron chi connectivity index (χ2n) is 13.1. The van der Waals surface area contributed by atoms with Gasteiger partial charge < -0.3 is 18.2 Å². The van der Waals surface area contributed by atoms with Crippen LogP contribution in [0, 0.1) is 0 Å². The number of fused-ring (bicyclic) bond motifs is 8. The first kappa shape index (κ1) is 28.7.